The van der Waals surface area contributed by atoms with Crippen LogP contribution >= 0.6 is 11.3 Å². The molecular weight excluding hydrogens is 308 g/mol. The first kappa shape index (κ1) is 20.0. The van der Waals surface area contributed by atoms with Crippen molar-refractivity contribution in [3.05, 3.63) is 21.9 Å². The zero-order valence-electron chi connectivity index (χ0n) is 15.4. The summed E-state index contributed by atoms with van der Waals surface area (Å²) < 4.78 is 5.33. The van der Waals surface area contributed by atoms with Crippen LogP contribution in [0.25, 0.3) is 0 Å². The van der Waals surface area contributed by atoms with Crippen molar-refractivity contribution in [1.82, 2.24) is 10.6 Å². The summed E-state index contributed by atoms with van der Waals surface area (Å²) in [4.78, 5) is 14.6. The Morgan fingerprint density at radius 2 is 1.74 bits per heavy atom. The summed E-state index contributed by atoms with van der Waals surface area (Å²) in [5.74, 6) is 0. The quantitative estimate of drug-likeness (QED) is 0.733. The van der Waals surface area contributed by atoms with Gasteiger partial charge >= 0.3 is 6.09 Å². The third-order valence-electron chi connectivity index (χ3n) is 4.03. The number of thiophene rings is 1. The molecule has 0 spiro atoms. The second-order valence-electron chi connectivity index (χ2n) is 6.92. The van der Waals surface area contributed by atoms with Gasteiger partial charge in [-0.05, 0) is 52.2 Å². The van der Waals surface area contributed by atoms with Gasteiger partial charge in [-0.2, -0.15) is 0 Å². The Bertz CT molecular complexity index is 487. The van der Waals surface area contributed by atoms with Gasteiger partial charge in [-0.3, -0.25) is 0 Å². The first-order valence-corrected chi connectivity index (χ1v) is 9.34. The summed E-state index contributed by atoms with van der Waals surface area (Å²) in [5, 5.41) is 6.56. The summed E-state index contributed by atoms with van der Waals surface area (Å²) in [5.41, 5.74) is -0.570. The molecule has 2 N–H and O–H groups in total. The lowest BCUT2D eigenvalue weighted by atomic mass is 9.92. The molecule has 1 aromatic rings. The lowest BCUT2D eigenvalue weighted by Gasteiger charge is -2.33. The molecule has 0 radical (unpaired) electrons. The first-order chi connectivity index (χ1) is 10.7. The molecule has 0 fully saturated rings. The van der Waals surface area contributed by atoms with Crippen LogP contribution in [0.15, 0.2) is 12.1 Å². The van der Waals surface area contributed by atoms with Crippen molar-refractivity contribution in [3.63, 3.8) is 0 Å². The summed E-state index contributed by atoms with van der Waals surface area (Å²) in [6.07, 6.45) is 2.63. The van der Waals surface area contributed by atoms with Gasteiger partial charge in [0.1, 0.15) is 5.60 Å². The maximum Gasteiger partial charge on any atom is 0.407 e. The molecule has 1 rings (SSSR count). The maximum atomic E-state index is 11.9. The summed E-state index contributed by atoms with van der Waals surface area (Å²) in [7, 11) is 0. The predicted octanol–water partition coefficient (Wildman–Crippen LogP) is 4.48. The zero-order valence-corrected chi connectivity index (χ0v) is 16.2. The van der Waals surface area contributed by atoms with Crippen molar-refractivity contribution in [2.24, 2.45) is 0 Å². The van der Waals surface area contributed by atoms with Crippen LogP contribution in [-0.4, -0.2) is 23.8 Å². The van der Waals surface area contributed by atoms with Gasteiger partial charge in [0.15, 0.2) is 0 Å². The van der Waals surface area contributed by atoms with E-state index >= 15 is 0 Å². The summed E-state index contributed by atoms with van der Waals surface area (Å²) in [6.45, 7) is 13.5. The number of carbonyl (C=O) groups is 1. The molecule has 0 saturated carbocycles. The van der Waals surface area contributed by atoms with E-state index in [0.717, 1.165) is 25.8 Å². The van der Waals surface area contributed by atoms with Crippen LogP contribution in [0.4, 0.5) is 4.79 Å². The largest absolute Gasteiger partial charge is 0.444 e. The fourth-order valence-electron chi connectivity index (χ4n) is 2.35. The molecule has 0 aromatic carbocycles. The predicted molar refractivity (Wildman–Crippen MR) is 98.1 cm³/mol. The molecule has 0 bridgehead atoms. The number of carbonyl (C=O) groups excluding carboxylic acids is 1. The Balaban J connectivity index is 2.58. The van der Waals surface area contributed by atoms with Crippen LogP contribution < -0.4 is 10.6 Å². The molecule has 0 atom stereocenters. The molecule has 0 aliphatic carbocycles. The highest BCUT2D eigenvalue weighted by Crippen LogP contribution is 2.20. The fraction of sp³-hybridized carbons (Fsp3) is 0.722. The Morgan fingerprint density at radius 1 is 1.13 bits per heavy atom. The lowest BCUT2D eigenvalue weighted by Crippen LogP contribution is -2.53. The molecule has 23 heavy (non-hydrogen) atoms. The minimum atomic E-state index is -0.466. The topological polar surface area (TPSA) is 50.4 Å². The molecule has 1 amide bonds. The number of aryl methyl sites for hydroxylation is 1. The molecule has 5 heteroatoms. The van der Waals surface area contributed by atoms with E-state index in [1.54, 1.807) is 0 Å². The number of hydrogen-bond donors (Lipinski definition) is 2. The molecule has 1 aromatic heterocycles. The highest BCUT2D eigenvalue weighted by atomic mass is 32.1. The first-order valence-electron chi connectivity index (χ1n) is 8.53. The molecule has 0 aliphatic heterocycles. The van der Waals surface area contributed by atoms with Crippen LogP contribution in [0.5, 0.6) is 0 Å². The normalized spacial score (nSPS) is 12.3. The molecule has 1 heterocycles. The van der Waals surface area contributed by atoms with Gasteiger partial charge in [0.2, 0.25) is 0 Å². The number of hydrogen-bond acceptors (Lipinski definition) is 4. The highest BCUT2D eigenvalue weighted by molar-refractivity contribution is 7.11. The lowest BCUT2D eigenvalue weighted by molar-refractivity contribution is 0.0507. The zero-order chi connectivity index (χ0) is 17.5. The van der Waals surface area contributed by atoms with Crippen molar-refractivity contribution in [2.45, 2.75) is 78.5 Å². The SMILES string of the molecule is CCc1ccc(CNC(CC)(CC)CNC(=O)OC(C)(C)C)s1. The van der Waals surface area contributed by atoms with Gasteiger partial charge in [0.25, 0.3) is 0 Å². The van der Waals surface area contributed by atoms with E-state index < -0.39 is 5.60 Å². The van der Waals surface area contributed by atoms with E-state index in [1.807, 2.05) is 32.1 Å². The molecule has 0 aliphatic rings. The Kier molecular flexibility index (Phi) is 7.55. The average Bonchev–Trinajstić information content (AvgIpc) is 2.94. The van der Waals surface area contributed by atoms with E-state index in [-0.39, 0.29) is 11.6 Å². The van der Waals surface area contributed by atoms with Crippen LogP contribution in [0.1, 0.15) is 64.1 Å². The van der Waals surface area contributed by atoms with E-state index in [2.05, 4.69) is 43.5 Å². The number of rotatable bonds is 8. The Hall–Kier alpha value is -1.07. The third-order valence-corrected chi connectivity index (χ3v) is 5.26. The third kappa shape index (κ3) is 6.92. The Labute approximate surface area is 145 Å². The van der Waals surface area contributed by atoms with Crippen molar-refractivity contribution in [3.8, 4) is 0 Å². The van der Waals surface area contributed by atoms with E-state index in [4.69, 9.17) is 4.74 Å². The van der Waals surface area contributed by atoms with E-state index in [9.17, 15) is 4.79 Å². The molecule has 4 nitrogen and oxygen atoms in total. The van der Waals surface area contributed by atoms with E-state index in [1.165, 1.54) is 9.75 Å². The minimum absolute atomic E-state index is 0.104. The second-order valence-corrected chi connectivity index (χ2v) is 8.17. The molecular formula is C18H32N2O2S. The highest BCUT2D eigenvalue weighted by Gasteiger charge is 2.27. The van der Waals surface area contributed by atoms with Crippen LogP contribution in [0.3, 0.4) is 0 Å². The second kappa shape index (κ2) is 8.69. The molecule has 0 unspecified atom stereocenters. The maximum absolute atomic E-state index is 11.9. The van der Waals surface area contributed by atoms with Gasteiger partial charge < -0.3 is 15.4 Å². The van der Waals surface area contributed by atoms with Gasteiger partial charge in [0, 0.05) is 28.4 Å². The molecule has 0 saturated heterocycles. The fourth-order valence-corrected chi connectivity index (χ4v) is 3.25. The van der Waals surface area contributed by atoms with Crippen molar-refractivity contribution >= 4 is 17.4 Å². The average molecular weight is 341 g/mol. The Morgan fingerprint density at radius 3 is 2.22 bits per heavy atom. The van der Waals surface area contributed by atoms with Crippen LogP contribution in [0.2, 0.25) is 0 Å². The summed E-state index contributed by atoms with van der Waals surface area (Å²) >= 11 is 1.85. The van der Waals surface area contributed by atoms with Crippen LogP contribution in [-0.2, 0) is 17.7 Å². The number of nitrogens with one attached hydrogen (secondary N) is 2. The smallest absolute Gasteiger partial charge is 0.407 e. The number of ether oxygens (including phenoxy) is 1. The molecule has 132 valence electrons. The van der Waals surface area contributed by atoms with Gasteiger partial charge in [-0.15, -0.1) is 11.3 Å². The minimum Gasteiger partial charge on any atom is -0.444 e. The van der Waals surface area contributed by atoms with Crippen LogP contribution in [0, 0.1) is 0 Å². The van der Waals surface area contributed by atoms with Crippen molar-refractivity contribution < 1.29 is 9.53 Å². The number of amides is 1. The standard InChI is InChI=1S/C18H32N2O2S/c1-7-14-10-11-15(23-14)12-20-18(8-2,9-3)13-19-16(21)22-17(4,5)6/h10-11,20H,7-9,12-13H2,1-6H3,(H,19,21). The van der Waals surface area contributed by atoms with Crippen molar-refractivity contribution in [2.75, 3.05) is 6.54 Å². The van der Waals surface area contributed by atoms with Gasteiger partial charge in [0.05, 0.1) is 0 Å². The summed E-state index contributed by atoms with van der Waals surface area (Å²) in [6, 6.07) is 4.38. The van der Waals surface area contributed by atoms with Gasteiger partial charge in [-0.25, -0.2) is 4.79 Å². The monoisotopic (exact) mass is 340 g/mol. The van der Waals surface area contributed by atoms with Crippen molar-refractivity contribution in [1.29, 1.82) is 0 Å². The van der Waals surface area contributed by atoms with Gasteiger partial charge in [-0.1, -0.05) is 20.8 Å². The van der Waals surface area contributed by atoms with E-state index in [0.29, 0.717) is 6.54 Å². The number of alkyl carbamates (subject to hydrolysis) is 1.